The topological polar surface area (TPSA) is 59.0 Å². The maximum Gasteiger partial charge on any atom is 0.315 e. The van der Waals surface area contributed by atoms with E-state index in [4.69, 9.17) is 0 Å². The van der Waals surface area contributed by atoms with E-state index in [2.05, 4.69) is 15.6 Å². The minimum Gasteiger partial charge on any atom is -0.335 e. The fourth-order valence-corrected chi connectivity index (χ4v) is 2.26. The molecule has 96 valence electrons. The predicted octanol–water partition coefficient (Wildman–Crippen LogP) is 1.83. The minimum atomic E-state index is -0.143. The highest BCUT2D eigenvalue weighted by atomic mass is 32.1. The molecule has 18 heavy (non-hydrogen) atoms. The van der Waals surface area contributed by atoms with Crippen molar-refractivity contribution in [3.63, 3.8) is 0 Å². The molecule has 1 unspecified atom stereocenters. The Morgan fingerprint density at radius 1 is 1.61 bits per heavy atom. The van der Waals surface area contributed by atoms with Crippen LogP contribution in [-0.4, -0.2) is 21.6 Å². The number of amides is 2. The summed E-state index contributed by atoms with van der Waals surface area (Å²) in [5.74, 6) is 0. The highest BCUT2D eigenvalue weighted by molar-refractivity contribution is 7.09. The summed E-state index contributed by atoms with van der Waals surface area (Å²) in [6.07, 6.45) is 5.34. The number of imidazole rings is 1. The van der Waals surface area contributed by atoms with E-state index in [0.717, 1.165) is 4.88 Å². The minimum absolute atomic E-state index is 0.0579. The highest BCUT2D eigenvalue weighted by Crippen LogP contribution is 2.07. The van der Waals surface area contributed by atoms with E-state index in [9.17, 15) is 4.79 Å². The fraction of sp³-hybridized carbons (Fsp3) is 0.333. The smallest absolute Gasteiger partial charge is 0.315 e. The summed E-state index contributed by atoms with van der Waals surface area (Å²) in [6.45, 7) is 3.25. The summed E-state index contributed by atoms with van der Waals surface area (Å²) in [7, 11) is 0. The van der Waals surface area contributed by atoms with Gasteiger partial charge in [0.25, 0.3) is 0 Å². The van der Waals surface area contributed by atoms with E-state index < -0.39 is 0 Å². The number of aromatic nitrogens is 2. The second-order valence-corrected chi connectivity index (χ2v) is 5.10. The number of thiophene rings is 1. The Bertz CT molecular complexity index is 466. The molecule has 2 aromatic heterocycles. The van der Waals surface area contributed by atoms with Crippen molar-refractivity contribution in [2.75, 3.05) is 0 Å². The molecule has 0 spiro atoms. The van der Waals surface area contributed by atoms with Gasteiger partial charge in [-0.1, -0.05) is 6.07 Å². The van der Waals surface area contributed by atoms with Crippen molar-refractivity contribution in [1.82, 2.24) is 20.2 Å². The summed E-state index contributed by atoms with van der Waals surface area (Å²) < 4.78 is 1.93. The molecule has 2 rings (SSSR count). The van der Waals surface area contributed by atoms with Crippen LogP contribution in [-0.2, 0) is 13.1 Å². The van der Waals surface area contributed by atoms with Crippen LogP contribution in [0.25, 0.3) is 0 Å². The van der Waals surface area contributed by atoms with Crippen LogP contribution in [0.1, 0.15) is 11.8 Å². The van der Waals surface area contributed by atoms with Crippen molar-refractivity contribution < 1.29 is 4.79 Å². The van der Waals surface area contributed by atoms with Crippen LogP contribution in [0.5, 0.6) is 0 Å². The average molecular weight is 264 g/mol. The molecule has 2 amide bonds. The zero-order valence-corrected chi connectivity index (χ0v) is 11.0. The molecule has 0 saturated carbocycles. The predicted molar refractivity (Wildman–Crippen MR) is 71.4 cm³/mol. The van der Waals surface area contributed by atoms with Gasteiger partial charge in [-0.05, 0) is 18.4 Å². The first-order valence-corrected chi connectivity index (χ1v) is 6.64. The van der Waals surface area contributed by atoms with Crippen LogP contribution in [0.15, 0.2) is 36.2 Å². The molecule has 2 heterocycles. The molecule has 0 aliphatic rings. The molecular formula is C12H16N4OS. The molecule has 0 radical (unpaired) electrons. The average Bonchev–Trinajstić information content (AvgIpc) is 2.98. The molecule has 1 atom stereocenters. The van der Waals surface area contributed by atoms with Gasteiger partial charge in [0.15, 0.2) is 0 Å². The zero-order valence-electron chi connectivity index (χ0n) is 10.2. The highest BCUT2D eigenvalue weighted by Gasteiger charge is 2.07. The summed E-state index contributed by atoms with van der Waals surface area (Å²) >= 11 is 1.63. The first-order valence-electron chi connectivity index (χ1n) is 5.76. The lowest BCUT2D eigenvalue weighted by atomic mass is 10.3. The molecule has 0 saturated heterocycles. The van der Waals surface area contributed by atoms with Crippen molar-refractivity contribution in [3.05, 3.63) is 41.1 Å². The second-order valence-electron chi connectivity index (χ2n) is 4.07. The number of rotatable bonds is 5. The van der Waals surface area contributed by atoms with Gasteiger partial charge in [-0.2, -0.15) is 0 Å². The van der Waals surface area contributed by atoms with Gasteiger partial charge in [0.1, 0.15) is 0 Å². The molecule has 6 heteroatoms. The molecule has 2 N–H and O–H groups in total. The standard InChI is InChI=1S/C12H16N4OS/c1-10(8-16-5-4-13-9-16)15-12(17)14-7-11-3-2-6-18-11/h2-6,9-10H,7-8H2,1H3,(H2,14,15,17). The van der Waals surface area contributed by atoms with Crippen molar-refractivity contribution in [2.45, 2.75) is 26.1 Å². The van der Waals surface area contributed by atoms with Crippen LogP contribution >= 0.6 is 11.3 Å². The Kier molecular flexibility index (Phi) is 4.35. The third-order valence-electron chi connectivity index (χ3n) is 2.42. The van der Waals surface area contributed by atoms with Crippen LogP contribution in [0.2, 0.25) is 0 Å². The first-order chi connectivity index (χ1) is 8.74. The van der Waals surface area contributed by atoms with Gasteiger partial charge < -0.3 is 15.2 Å². The molecule has 0 aliphatic heterocycles. The first kappa shape index (κ1) is 12.6. The number of nitrogens with zero attached hydrogens (tertiary/aromatic N) is 2. The molecule has 5 nitrogen and oxygen atoms in total. The van der Waals surface area contributed by atoms with Crippen molar-refractivity contribution in [1.29, 1.82) is 0 Å². The van der Waals surface area contributed by atoms with Gasteiger partial charge in [-0.25, -0.2) is 9.78 Å². The van der Waals surface area contributed by atoms with Gasteiger partial charge in [-0.3, -0.25) is 0 Å². The van der Waals surface area contributed by atoms with Gasteiger partial charge in [0.05, 0.1) is 12.9 Å². The number of hydrogen-bond acceptors (Lipinski definition) is 3. The van der Waals surface area contributed by atoms with Crippen LogP contribution in [0, 0.1) is 0 Å². The van der Waals surface area contributed by atoms with Crippen LogP contribution in [0.3, 0.4) is 0 Å². The third kappa shape index (κ3) is 3.89. The summed E-state index contributed by atoms with van der Waals surface area (Å²) in [5, 5.41) is 7.71. The summed E-state index contributed by atoms with van der Waals surface area (Å²) in [4.78, 5) is 16.7. The Hall–Kier alpha value is -1.82. The van der Waals surface area contributed by atoms with Crippen LogP contribution in [0.4, 0.5) is 4.79 Å². The maximum atomic E-state index is 11.6. The Morgan fingerprint density at radius 3 is 3.17 bits per heavy atom. The molecule has 2 aromatic rings. The molecule has 0 aromatic carbocycles. The molecular weight excluding hydrogens is 248 g/mol. The number of nitrogens with one attached hydrogen (secondary N) is 2. The van der Waals surface area contributed by atoms with E-state index >= 15 is 0 Å². The van der Waals surface area contributed by atoms with Gasteiger partial charge >= 0.3 is 6.03 Å². The normalized spacial score (nSPS) is 12.1. The second kappa shape index (κ2) is 6.20. The van der Waals surface area contributed by atoms with Crippen molar-refractivity contribution >= 4 is 17.4 Å². The number of urea groups is 1. The monoisotopic (exact) mass is 264 g/mol. The maximum absolute atomic E-state index is 11.6. The fourth-order valence-electron chi connectivity index (χ4n) is 1.61. The molecule has 0 aliphatic carbocycles. The van der Waals surface area contributed by atoms with Gasteiger partial charge in [0.2, 0.25) is 0 Å². The van der Waals surface area contributed by atoms with Gasteiger partial charge in [0, 0.05) is 29.9 Å². The Morgan fingerprint density at radius 2 is 2.50 bits per heavy atom. The SMILES string of the molecule is CC(Cn1ccnc1)NC(=O)NCc1cccs1. The lowest BCUT2D eigenvalue weighted by Gasteiger charge is -2.14. The summed E-state index contributed by atoms with van der Waals surface area (Å²) in [6, 6.07) is 3.89. The number of hydrogen-bond donors (Lipinski definition) is 2. The third-order valence-corrected chi connectivity index (χ3v) is 3.30. The van der Waals surface area contributed by atoms with E-state index in [-0.39, 0.29) is 12.1 Å². The van der Waals surface area contributed by atoms with E-state index in [0.29, 0.717) is 13.1 Å². The van der Waals surface area contributed by atoms with Crippen molar-refractivity contribution in [3.8, 4) is 0 Å². The molecule has 0 fully saturated rings. The zero-order chi connectivity index (χ0) is 12.8. The van der Waals surface area contributed by atoms with E-state index in [1.165, 1.54) is 0 Å². The Balaban J connectivity index is 1.70. The number of carbonyl (C=O) groups excluding carboxylic acids is 1. The Labute approximate surface area is 110 Å². The number of carbonyl (C=O) groups is 1. The lowest BCUT2D eigenvalue weighted by Crippen LogP contribution is -2.42. The van der Waals surface area contributed by atoms with Gasteiger partial charge in [-0.15, -0.1) is 11.3 Å². The quantitative estimate of drug-likeness (QED) is 0.865. The van der Waals surface area contributed by atoms with Crippen LogP contribution < -0.4 is 10.6 Å². The van der Waals surface area contributed by atoms with E-state index in [1.807, 2.05) is 35.2 Å². The molecule has 0 bridgehead atoms. The lowest BCUT2D eigenvalue weighted by molar-refractivity contribution is 0.236. The largest absolute Gasteiger partial charge is 0.335 e. The van der Waals surface area contributed by atoms with E-state index in [1.54, 1.807) is 23.9 Å². The van der Waals surface area contributed by atoms with Crippen molar-refractivity contribution in [2.24, 2.45) is 0 Å². The summed E-state index contributed by atoms with van der Waals surface area (Å²) in [5.41, 5.74) is 0.